The van der Waals surface area contributed by atoms with Crippen LogP contribution >= 0.6 is 15.2 Å². The van der Waals surface area contributed by atoms with E-state index in [-0.39, 0.29) is 0 Å². The largest absolute Gasteiger partial charge is 0.342 e. The fraction of sp³-hybridized carbons (Fsp3) is 0.538. The molecule has 0 aromatic rings. The lowest BCUT2D eigenvalue weighted by Gasteiger charge is -2.39. The molecule has 0 spiro atoms. The Hall–Kier alpha value is -1.28. The Balaban J connectivity index is 6.02. The molecule has 0 heterocycles. The molecule has 4 N–H and O–H groups in total. The van der Waals surface area contributed by atoms with Gasteiger partial charge >= 0.3 is 15.2 Å². The van der Waals surface area contributed by atoms with E-state index < -0.39 is 57.8 Å². The van der Waals surface area contributed by atoms with Crippen LogP contribution in [0.15, 0.2) is 25.3 Å². The number of rotatable bonds is 10. The maximum Gasteiger partial charge on any atom is 0.326 e. The van der Waals surface area contributed by atoms with Crippen molar-refractivity contribution in [1.29, 1.82) is 0 Å². The van der Waals surface area contributed by atoms with Crippen LogP contribution in [0.2, 0.25) is 0 Å². The summed E-state index contributed by atoms with van der Waals surface area (Å²) in [6.07, 6.45) is 0.0694. The van der Waals surface area contributed by atoms with Crippen LogP contribution in [0.25, 0.3) is 0 Å². The lowest BCUT2D eigenvalue weighted by atomic mass is 9.91. The van der Waals surface area contributed by atoms with Gasteiger partial charge in [0, 0.05) is 32.6 Å². The Morgan fingerprint density at radius 3 is 1.36 bits per heavy atom. The fourth-order valence-electron chi connectivity index (χ4n) is 2.65. The van der Waals surface area contributed by atoms with Crippen LogP contribution < -0.4 is 0 Å². The molecule has 12 heteroatoms. The second kappa shape index (κ2) is 8.89. The highest BCUT2D eigenvalue weighted by Gasteiger charge is 2.44. The van der Waals surface area contributed by atoms with Gasteiger partial charge in [-0.3, -0.25) is 18.7 Å². The first-order valence-corrected chi connectivity index (χ1v) is 10.6. The zero-order valence-corrected chi connectivity index (χ0v) is 15.9. The summed E-state index contributed by atoms with van der Waals surface area (Å²) in [6, 6.07) is 0. The van der Waals surface area contributed by atoms with Gasteiger partial charge in [0.2, 0.25) is 11.8 Å². The normalized spacial score (nSPS) is 12.4. The molecule has 0 atom stereocenters. The molecule has 0 aromatic heterocycles. The van der Waals surface area contributed by atoms with E-state index in [1.54, 1.807) is 0 Å². The van der Waals surface area contributed by atoms with Gasteiger partial charge in [-0.15, -0.1) is 0 Å². The Labute approximate surface area is 146 Å². The minimum absolute atomic E-state index is 0.400. The molecule has 0 aliphatic heterocycles. The van der Waals surface area contributed by atoms with Gasteiger partial charge in [-0.1, -0.05) is 13.2 Å². The van der Waals surface area contributed by atoms with Crippen LogP contribution in [-0.4, -0.2) is 80.7 Å². The maximum atomic E-state index is 11.7. The predicted molar refractivity (Wildman–Crippen MR) is 91.9 cm³/mol. The predicted octanol–water partition coefficient (Wildman–Crippen LogP) is -0.383. The van der Waals surface area contributed by atoms with E-state index >= 15 is 0 Å². The standard InChI is InChI=1S/C13H24N2O8P2/c1-5-11(16)14(3)7-13(9-24(18,19)20,10-25(21,22)23)8-15(4)12(17)6-2/h5-6H,1-2,7-10H2,3-4H3,(H2,18,19,20)(H2,21,22,23). The highest BCUT2D eigenvalue weighted by Crippen LogP contribution is 2.49. The molecule has 0 unspecified atom stereocenters. The molecule has 0 radical (unpaired) electrons. The molecule has 144 valence electrons. The Kier molecular flexibility index (Phi) is 8.44. The number of amides is 2. The second-order valence-corrected chi connectivity index (χ2v) is 9.23. The smallest absolute Gasteiger partial charge is 0.326 e. The van der Waals surface area contributed by atoms with Crippen molar-refractivity contribution in [1.82, 2.24) is 9.80 Å². The first-order chi connectivity index (χ1) is 11.1. The number of hydrogen-bond donors (Lipinski definition) is 4. The van der Waals surface area contributed by atoms with Crippen LogP contribution in [0.3, 0.4) is 0 Å². The molecular weight excluding hydrogens is 374 g/mol. The number of hydrogen-bond acceptors (Lipinski definition) is 4. The van der Waals surface area contributed by atoms with Crippen molar-refractivity contribution >= 4 is 27.0 Å². The van der Waals surface area contributed by atoms with Crippen molar-refractivity contribution < 1.29 is 38.3 Å². The van der Waals surface area contributed by atoms with E-state index in [2.05, 4.69) is 13.2 Å². The zero-order valence-electron chi connectivity index (χ0n) is 14.1. The quantitative estimate of drug-likeness (QED) is 0.287. The van der Waals surface area contributed by atoms with Crippen LogP contribution in [0, 0.1) is 5.41 Å². The minimum Gasteiger partial charge on any atom is -0.342 e. The molecule has 0 aliphatic rings. The minimum atomic E-state index is -4.73. The van der Waals surface area contributed by atoms with Crippen LogP contribution in [0.5, 0.6) is 0 Å². The summed E-state index contributed by atoms with van der Waals surface area (Å²) in [4.78, 5) is 63.0. The van der Waals surface area contributed by atoms with Crippen molar-refractivity contribution in [2.24, 2.45) is 5.41 Å². The highest BCUT2D eigenvalue weighted by molar-refractivity contribution is 7.53. The van der Waals surface area contributed by atoms with Crippen molar-refractivity contribution in [3.63, 3.8) is 0 Å². The molecule has 0 rings (SSSR count). The first kappa shape index (κ1) is 23.7. The average Bonchev–Trinajstić information content (AvgIpc) is 2.40. The number of carbonyl (C=O) groups excluding carboxylic acids is 2. The molecule has 10 nitrogen and oxygen atoms in total. The molecular formula is C13H24N2O8P2. The second-order valence-electron chi connectivity index (χ2n) is 5.94. The van der Waals surface area contributed by atoms with E-state index in [1.165, 1.54) is 14.1 Å². The number of likely N-dealkylation sites (N-methyl/N-ethyl adjacent to an activating group) is 2. The number of carbonyl (C=O) groups is 2. The summed E-state index contributed by atoms with van der Waals surface area (Å²) < 4.78 is 23.1. The number of nitrogens with zero attached hydrogens (tertiary/aromatic N) is 2. The lowest BCUT2D eigenvalue weighted by Crippen LogP contribution is -2.50. The van der Waals surface area contributed by atoms with E-state index in [0.717, 1.165) is 22.0 Å². The van der Waals surface area contributed by atoms with Gasteiger partial charge < -0.3 is 29.4 Å². The van der Waals surface area contributed by atoms with Crippen molar-refractivity contribution in [3.05, 3.63) is 25.3 Å². The van der Waals surface area contributed by atoms with E-state index in [0.29, 0.717) is 0 Å². The average molecular weight is 398 g/mol. The molecule has 0 saturated carbocycles. The van der Waals surface area contributed by atoms with Gasteiger partial charge in [-0.25, -0.2) is 0 Å². The monoisotopic (exact) mass is 398 g/mol. The highest BCUT2D eigenvalue weighted by atomic mass is 31.2. The fourth-order valence-corrected chi connectivity index (χ4v) is 5.20. The van der Waals surface area contributed by atoms with Gasteiger partial charge in [-0.05, 0) is 12.2 Å². The SMILES string of the molecule is C=CC(=O)N(C)CC(CN(C)C(=O)C=C)(CP(=O)(O)O)CP(=O)(O)O. The Morgan fingerprint density at radius 1 is 0.880 bits per heavy atom. The molecule has 2 amide bonds. The third-order valence-corrected chi connectivity index (χ3v) is 5.50. The topological polar surface area (TPSA) is 156 Å². The van der Waals surface area contributed by atoms with Gasteiger partial charge in [0.25, 0.3) is 0 Å². The molecule has 0 bridgehead atoms. The summed E-state index contributed by atoms with van der Waals surface area (Å²) >= 11 is 0. The maximum absolute atomic E-state index is 11.7. The summed E-state index contributed by atoms with van der Waals surface area (Å²) in [7, 11) is -6.87. The van der Waals surface area contributed by atoms with E-state index in [4.69, 9.17) is 0 Å². The molecule has 0 aliphatic carbocycles. The summed E-state index contributed by atoms with van der Waals surface area (Å²) in [6.45, 7) is 5.77. The van der Waals surface area contributed by atoms with Gasteiger partial charge in [0.05, 0.1) is 12.3 Å². The van der Waals surface area contributed by atoms with Crippen LogP contribution in [-0.2, 0) is 18.7 Å². The molecule has 0 saturated heterocycles. The van der Waals surface area contributed by atoms with Crippen LogP contribution in [0.1, 0.15) is 0 Å². The molecule has 25 heavy (non-hydrogen) atoms. The zero-order chi connectivity index (χ0) is 20.1. The Morgan fingerprint density at radius 2 is 1.16 bits per heavy atom. The van der Waals surface area contributed by atoms with Gasteiger partial charge in [0.15, 0.2) is 0 Å². The van der Waals surface area contributed by atoms with Crippen molar-refractivity contribution in [2.45, 2.75) is 0 Å². The van der Waals surface area contributed by atoms with E-state index in [1.807, 2.05) is 0 Å². The van der Waals surface area contributed by atoms with Crippen molar-refractivity contribution in [3.8, 4) is 0 Å². The molecule has 0 aromatic carbocycles. The van der Waals surface area contributed by atoms with Crippen molar-refractivity contribution in [2.75, 3.05) is 39.5 Å². The van der Waals surface area contributed by atoms with Gasteiger partial charge in [0.1, 0.15) is 0 Å². The third-order valence-electron chi connectivity index (χ3n) is 3.33. The van der Waals surface area contributed by atoms with Gasteiger partial charge in [-0.2, -0.15) is 0 Å². The summed E-state index contributed by atoms with van der Waals surface area (Å²) in [5.74, 6) is -1.20. The third kappa shape index (κ3) is 9.11. The Bertz CT molecular complexity index is 570. The van der Waals surface area contributed by atoms with E-state index in [9.17, 15) is 38.3 Å². The summed E-state index contributed by atoms with van der Waals surface area (Å²) in [5, 5.41) is 0. The van der Waals surface area contributed by atoms with Crippen LogP contribution in [0.4, 0.5) is 0 Å². The lowest BCUT2D eigenvalue weighted by molar-refractivity contribution is -0.127. The summed E-state index contributed by atoms with van der Waals surface area (Å²) in [5.41, 5.74) is -1.74. The first-order valence-electron chi connectivity index (χ1n) is 6.99. The molecule has 0 fully saturated rings.